The average molecular weight is 294 g/mol. The van der Waals surface area contributed by atoms with E-state index in [1.54, 1.807) is 13.0 Å². The lowest BCUT2D eigenvalue weighted by molar-refractivity contribution is -0.0840. The largest absolute Gasteiger partial charge is 0.397 e. The Hall–Kier alpha value is -1.74. The van der Waals surface area contributed by atoms with Gasteiger partial charge in [-0.3, -0.25) is 4.57 Å². The lowest BCUT2D eigenvalue weighted by atomic mass is 10.0. The molecule has 1 aliphatic rings. The second-order valence-electron chi connectivity index (χ2n) is 5.17. The van der Waals surface area contributed by atoms with E-state index in [-0.39, 0.29) is 0 Å². The quantitative estimate of drug-likeness (QED) is 0.595. The molecule has 0 bridgehead atoms. The van der Waals surface area contributed by atoms with Crippen LogP contribution in [0.1, 0.15) is 19.6 Å². The van der Waals surface area contributed by atoms with Crippen LogP contribution in [0.5, 0.6) is 0 Å². The number of imidazole rings is 1. The van der Waals surface area contributed by atoms with Crippen molar-refractivity contribution in [3.8, 4) is 0 Å². The number of aliphatic hydroxyl groups excluding tert-OH is 3. The third kappa shape index (κ3) is 2.16. The van der Waals surface area contributed by atoms with E-state index in [1.807, 2.05) is 0 Å². The predicted molar refractivity (Wildman–Crippen MR) is 74.2 cm³/mol. The van der Waals surface area contributed by atoms with E-state index in [4.69, 9.17) is 10.5 Å². The van der Waals surface area contributed by atoms with Gasteiger partial charge in [-0.1, -0.05) is 6.92 Å². The molecule has 5 N–H and O–H groups in total. The van der Waals surface area contributed by atoms with Gasteiger partial charge >= 0.3 is 0 Å². The number of hydrogen-bond donors (Lipinski definition) is 4. The summed E-state index contributed by atoms with van der Waals surface area (Å²) in [5.74, 6) is 0. The number of nitrogens with two attached hydrogens (primary N) is 1. The van der Waals surface area contributed by atoms with E-state index >= 15 is 0 Å². The van der Waals surface area contributed by atoms with Crippen molar-refractivity contribution in [1.29, 1.82) is 0 Å². The summed E-state index contributed by atoms with van der Waals surface area (Å²) in [5.41, 5.74) is 7.25. The van der Waals surface area contributed by atoms with Gasteiger partial charge in [0.05, 0.1) is 18.1 Å². The van der Waals surface area contributed by atoms with Crippen molar-refractivity contribution in [2.24, 2.45) is 0 Å². The van der Waals surface area contributed by atoms with E-state index < -0.39 is 30.6 Å². The molecule has 0 saturated carbocycles. The number of rotatable bonds is 3. The van der Waals surface area contributed by atoms with Gasteiger partial charge in [0.1, 0.15) is 23.8 Å². The molecular weight excluding hydrogens is 276 g/mol. The van der Waals surface area contributed by atoms with Crippen LogP contribution >= 0.6 is 0 Å². The summed E-state index contributed by atoms with van der Waals surface area (Å²) in [4.78, 5) is 8.33. The fraction of sp³-hybridized carbons (Fsp3) is 0.538. The Balaban J connectivity index is 1.98. The molecule has 21 heavy (non-hydrogen) atoms. The van der Waals surface area contributed by atoms with Crippen LogP contribution < -0.4 is 5.73 Å². The smallest absolute Gasteiger partial charge is 0.165 e. The third-order valence-corrected chi connectivity index (χ3v) is 3.84. The van der Waals surface area contributed by atoms with Crippen LogP contribution in [0.4, 0.5) is 5.69 Å². The number of nitrogens with zero attached hydrogens (tertiary/aromatic N) is 3. The van der Waals surface area contributed by atoms with Crippen LogP contribution in [-0.2, 0) is 4.74 Å². The Morgan fingerprint density at radius 2 is 2.14 bits per heavy atom. The molecule has 3 heterocycles. The van der Waals surface area contributed by atoms with Gasteiger partial charge in [0, 0.05) is 6.20 Å². The minimum absolute atomic E-state index is 0.414. The van der Waals surface area contributed by atoms with Crippen molar-refractivity contribution in [2.75, 3.05) is 5.73 Å². The fourth-order valence-corrected chi connectivity index (χ4v) is 2.61. The van der Waals surface area contributed by atoms with Gasteiger partial charge in [-0.2, -0.15) is 0 Å². The molecule has 5 unspecified atom stereocenters. The fourth-order valence-electron chi connectivity index (χ4n) is 2.61. The van der Waals surface area contributed by atoms with Gasteiger partial charge in [0.2, 0.25) is 0 Å². The first-order chi connectivity index (χ1) is 10.0. The molecule has 1 aliphatic heterocycles. The van der Waals surface area contributed by atoms with Crippen LogP contribution in [0.15, 0.2) is 18.6 Å². The summed E-state index contributed by atoms with van der Waals surface area (Å²) in [6.45, 7) is 1.77. The molecule has 0 amide bonds. The van der Waals surface area contributed by atoms with Gasteiger partial charge in [0.25, 0.3) is 0 Å². The van der Waals surface area contributed by atoms with Gasteiger partial charge in [-0.05, 0) is 12.5 Å². The van der Waals surface area contributed by atoms with E-state index in [0.29, 0.717) is 23.3 Å². The van der Waals surface area contributed by atoms with Gasteiger partial charge < -0.3 is 25.8 Å². The highest BCUT2D eigenvalue weighted by atomic mass is 16.6. The second kappa shape index (κ2) is 5.23. The summed E-state index contributed by atoms with van der Waals surface area (Å²) >= 11 is 0. The minimum atomic E-state index is -1.18. The lowest BCUT2D eigenvalue weighted by Gasteiger charge is -2.19. The topological polar surface area (TPSA) is 127 Å². The molecule has 114 valence electrons. The minimum Gasteiger partial charge on any atom is -0.397 e. The van der Waals surface area contributed by atoms with Crippen molar-refractivity contribution in [1.82, 2.24) is 14.5 Å². The maximum atomic E-state index is 10.2. The second-order valence-corrected chi connectivity index (χ2v) is 5.17. The monoisotopic (exact) mass is 294 g/mol. The van der Waals surface area contributed by atoms with Gasteiger partial charge in [0.15, 0.2) is 11.9 Å². The summed E-state index contributed by atoms with van der Waals surface area (Å²) in [6, 6.07) is 1.63. The zero-order valence-electron chi connectivity index (χ0n) is 11.5. The van der Waals surface area contributed by atoms with Crippen molar-refractivity contribution in [3.05, 3.63) is 18.6 Å². The number of anilines is 1. The Kier molecular flexibility index (Phi) is 3.54. The average Bonchev–Trinajstić information content (AvgIpc) is 3.02. The standard InChI is InChI=1S/C13H18N4O4/c1-2-7(18)11-9(19)10(20)13(21-11)17-5-16-8-6(14)3-4-15-12(8)17/h3-5,7,9-11,13,18-20H,2H2,1H3,(H2,14,15). The highest BCUT2D eigenvalue weighted by Crippen LogP contribution is 2.33. The zero-order valence-corrected chi connectivity index (χ0v) is 11.5. The Labute approximate surface area is 120 Å². The first-order valence-electron chi connectivity index (χ1n) is 6.81. The Morgan fingerprint density at radius 1 is 1.38 bits per heavy atom. The molecule has 2 aromatic rings. The molecule has 2 aromatic heterocycles. The molecule has 1 fully saturated rings. The molecule has 5 atom stereocenters. The maximum absolute atomic E-state index is 10.2. The van der Waals surface area contributed by atoms with Crippen LogP contribution in [0.25, 0.3) is 11.2 Å². The van der Waals surface area contributed by atoms with Gasteiger partial charge in [-0.25, -0.2) is 9.97 Å². The van der Waals surface area contributed by atoms with Crippen molar-refractivity contribution in [3.63, 3.8) is 0 Å². The zero-order chi connectivity index (χ0) is 15.1. The molecule has 0 aromatic carbocycles. The summed E-state index contributed by atoms with van der Waals surface area (Å²) in [5, 5.41) is 30.1. The van der Waals surface area contributed by atoms with Crippen LogP contribution in [0, 0.1) is 0 Å². The predicted octanol–water partition coefficient (Wildman–Crippen LogP) is -0.596. The summed E-state index contributed by atoms with van der Waals surface area (Å²) in [6.07, 6.45) is -1.54. The maximum Gasteiger partial charge on any atom is 0.165 e. The Morgan fingerprint density at radius 3 is 2.86 bits per heavy atom. The first kappa shape index (κ1) is 14.2. The van der Waals surface area contributed by atoms with Gasteiger partial charge in [-0.15, -0.1) is 0 Å². The molecule has 3 rings (SSSR count). The SMILES string of the molecule is CCC(O)C1OC(n2cnc3c(N)ccnc32)C(O)C1O. The highest BCUT2D eigenvalue weighted by Gasteiger charge is 2.46. The molecule has 0 aliphatic carbocycles. The molecule has 1 saturated heterocycles. The number of ether oxygens (including phenoxy) is 1. The Bertz CT molecular complexity index is 646. The molecule has 8 nitrogen and oxygen atoms in total. The van der Waals surface area contributed by atoms with E-state index in [2.05, 4.69) is 9.97 Å². The van der Waals surface area contributed by atoms with Crippen molar-refractivity contribution in [2.45, 2.75) is 44.0 Å². The third-order valence-electron chi connectivity index (χ3n) is 3.84. The first-order valence-corrected chi connectivity index (χ1v) is 6.81. The number of aliphatic hydroxyl groups is 3. The molecule has 8 heteroatoms. The highest BCUT2D eigenvalue weighted by molar-refractivity contribution is 5.83. The number of aromatic nitrogens is 3. The summed E-state index contributed by atoms with van der Waals surface area (Å²) < 4.78 is 7.14. The lowest BCUT2D eigenvalue weighted by Crippen LogP contribution is -2.38. The summed E-state index contributed by atoms with van der Waals surface area (Å²) in [7, 11) is 0. The molecule has 0 radical (unpaired) electrons. The van der Waals surface area contributed by atoms with Crippen LogP contribution in [0.2, 0.25) is 0 Å². The van der Waals surface area contributed by atoms with Crippen LogP contribution in [-0.4, -0.2) is 54.3 Å². The molecular formula is C13H18N4O4. The van der Waals surface area contributed by atoms with E-state index in [0.717, 1.165) is 0 Å². The van der Waals surface area contributed by atoms with Crippen LogP contribution in [0.3, 0.4) is 0 Å². The van der Waals surface area contributed by atoms with Crippen molar-refractivity contribution >= 4 is 16.9 Å². The number of fused-ring (bicyclic) bond motifs is 1. The molecule has 0 spiro atoms. The van der Waals surface area contributed by atoms with E-state index in [9.17, 15) is 15.3 Å². The number of pyridine rings is 1. The number of hydrogen-bond acceptors (Lipinski definition) is 7. The number of nitrogen functional groups attached to an aromatic ring is 1. The van der Waals surface area contributed by atoms with E-state index in [1.165, 1.54) is 17.1 Å². The van der Waals surface area contributed by atoms with Crippen molar-refractivity contribution < 1.29 is 20.1 Å². The normalized spacial score (nSPS) is 30.9.